The quantitative estimate of drug-likeness (QED) is 0.576. The van der Waals surface area contributed by atoms with Gasteiger partial charge < -0.3 is 10.6 Å². The van der Waals surface area contributed by atoms with Crippen LogP contribution in [0.3, 0.4) is 0 Å². The maximum absolute atomic E-state index is 13.3. The molecule has 7 heteroatoms. The molecule has 1 saturated carbocycles. The smallest absolute Gasteiger partial charge is 0.308 e. The molecule has 3 aromatic rings. The van der Waals surface area contributed by atoms with E-state index in [1.165, 1.54) is 18.2 Å². The zero-order valence-corrected chi connectivity index (χ0v) is 14.5. The summed E-state index contributed by atoms with van der Waals surface area (Å²) in [5.41, 5.74) is 3.43. The molecule has 4 rings (SSSR count). The van der Waals surface area contributed by atoms with E-state index < -0.39 is 11.8 Å². The predicted molar refractivity (Wildman–Crippen MR) is 100 cm³/mol. The van der Waals surface area contributed by atoms with Crippen LogP contribution < -0.4 is 10.6 Å². The van der Waals surface area contributed by atoms with E-state index in [-0.39, 0.29) is 0 Å². The molecule has 2 aromatic carbocycles. The van der Waals surface area contributed by atoms with Gasteiger partial charge in [-0.1, -0.05) is 29.8 Å². The molecule has 1 aliphatic carbocycles. The lowest BCUT2D eigenvalue weighted by atomic mass is 10.1. The van der Waals surface area contributed by atoms with E-state index >= 15 is 0 Å². The Balaban J connectivity index is 1.61. The van der Waals surface area contributed by atoms with Crippen molar-refractivity contribution in [1.82, 2.24) is 10.2 Å². The fraction of sp³-hybridized carbons (Fsp3) is 0.158. The fourth-order valence-electron chi connectivity index (χ4n) is 2.81. The van der Waals surface area contributed by atoms with E-state index in [4.69, 9.17) is 11.6 Å². The molecule has 0 bridgehead atoms. The Morgan fingerprint density at radius 1 is 1.15 bits per heavy atom. The highest BCUT2D eigenvalue weighted by Crippen LogP contribution is 2.45. The SMILES string of the molecule is O=C(Nc1cccc(F)c1)Nc1c(-c2ccc(Cl)cc2)n[nH]c1C1CC1. The highest BCUT2D eigenvalue weighted by Gasteiger charge is 2.31. The summed E-state index contributed by atoms with van der Waals surface area (Å²) in [4.78, 5) is 12.4. The maximum Gasteiger partial charge on any atom is 0.323 e. The second kappa shape index (κ2) is 6.80. The van der Waals surface area contributed by atoms with Crippen molar-refractivity contribution in [2.75, 3.05) is 10.6 Å². The normalized spacial score (nSPS) is 13.5. The Hall–Kier alpha value is -2.86. The number of H-pyrrole nitrogens is 1. The average molecular weight is 371 g/mol. The number of nitrogens with zero attached hydrogens (tertiary/aromatic N) is 1. The van der Waals surface area contributed by atoms with E-state index in [0.29, 0.717) is 28.0 Å². The van der Waals surface area contributed by atoms with Gasteiger partial charge in [0.1, 0.15) is 11.5 Å². The third kappa shape index (κ3) is 3.55. The molecule has 1 aromatic heterocycles. The number of aromatic amines is 1. The van der Waals surface area contributed by atoms with Gasteiger partial charge >= 0.3 is 6.03 Å². The summed E-state index contributed by atoms with van der Waals surface area (Å²) in [6, 6.07) is 12.6. The fourth-order valence-corrected chi connectivity index (χ4v) is 2.93. The van der Waals surface area contributed by atoms with Crippen LogP contribution in [0.25, 0.3) is 11.3 Å². The zero-order valence-electron chi connectivity index (χ0n) is 13.7. The average Bonchev–Trinajstić information content (AvgIpc) is 3.37. The number of carbonyl (C=O) groups is 1. The predicted octanol–water partition coefficient (Wildman–Crippen LogP) is 5.39. The Bertz CT molecular complexity index is 950. The lowest BCUT2D eigenvalue weighted by Crippen LogP contribution is -2.20. The molecule has 0 atom stereocenters. The van der Waals surface area contributed by atoms with Crippen molar-refractivity contribution >= 4 is 29.0 Å². The van der Waals surface area contributed by atoms with Crippen molar-refractivity contribution in [3.63, 3.8) is 0 Å². The Morgan fingerprint density at radius 3 is 2.62 bits per heavy atom. The molecule has 0 saturated heterocycles. The monoisotopic (exact) mass is 370 g/mol. The highest BCUT2D eigenvalue weighted by molar-refractivity contribution is 6.30. The van der Waals surface area contributed by atoms with Gasteiger partial charge in [0, 0.05) is 22.2 Å². The molecule has 1 aliphatic rings. The van der Waals surface area contributed by atoms with Crippen LogP contribution in [-0.4, -0.2) is 16.2 Å². The molecule has 0 aliphatic heterocycles. The lowest BCUT2D eigenvalue weighted by Gasteiger charge is -2.10. The van der Waals surface area contributed by atoms with Crippen molar-refractivity contribution in [2.24, 2.45) is 0 Å². The lowest BCUT2D eigenvalue weighted by molar-refractivity contribution is 0.262. The second-order valence-corrected chi connectivity index (χ2v) is 6.67. The molecule has 132 valence electrons. The Kier molecular flexibility index (Phi) is 4.34. The molecular formula is C19H16ClFN4O. The molecule has 2 amide bonds. The first-order valence-electron chi connectivity index (χ1n) is 8.28. The largest absolute Gasteiger partial charge is 0.323 e. The van der Waals surface area contributed by atoms with Gasteiger partial charge in [0.25, 0.3) is 0 Å². The van der Waals surface area contributed by atoms with Crippen molar-refractivity contribution in [3.05, 3.63) is 65.1 Å². The zero-order chi connectivity index (χ0) is 18.1. The minimum absolute atomic E-state index is 0.369. The summed E-state index contributed by atoms with van der Waals surface area (Å²) >= 11 is 5.95. The topological polar surface area (TPSA) is 69.8 Å². The molecule has 1 fully saturated rings. The standard InChI is InChI=1S/C19H16ClFN4O/c20-13-8-6-12(7-9-13)17-18(16(24-25-17)11-4-5-11)23-19(26)22-15-3-1-2-14(21)10-15/h1-3,6-11H,4-5H2,(H,24,25)(H2,22,23,26). The minimum Gasteiger partial charge on any atom is -0.308 e. The summed E-state index contributed by atoms with van der Waals surface area (Å²) in [5.74, 6) is -0.0420. The number of halogens is 2. The Morgan fingerprint density at radius 2 is 1.92 bits per heavy atom. The number of benzene rings is 2. The van der Waals surface area contributed by atoms with Gasteiger partial charge in [0.15, 0.2) is 0 Å². The van der Waals surface area contributed by atoms with Crippen LogP contribution in [0.4, 0.5) is 20.6 Å². The summed E-state index contributed by atoms with van der Waals surface area (Å²) in [5, 5.41) is 13.6. The molecule has 5 nitrogen and oxygen atoms in total. The maximum atomic E-state index is 13.3. The first-order valence-corrected chi connectivity index (χ1v) is 8.66. The van der Waals surface area contributed by atoms with E-state index in [0.717, 1.165) is 24.1 Å². The highest BCUT2D eigenvalue weighted by atomic mass is 35.5. The van der Waals surface area contributed by atoms with E-state index in [1.807, 2.05) is 12.1 Å². The number of hydrogen-bond donors (Lipinski definition) is 3. The van der Waals surface area contributed by atoms with Gasteiger partial charge in [-0.25, -0.2) is 9.18 Å². The molecule has 0 spiro atoms. The first-order chi connectivity index (χ1) is 12.6. The number of amides is 2. The number of nitrogens with one attached hydrogen (secondary N) is 3. The molecule has 1 heterocycles. The third-order valence-electron chi connectivity index (χ3n) is 4.22. The van der Waals surface area contributed by atoms with E-state index in [1.54, 1.807) is 18.2 Å². The number of urea groups is 1. The van der Waals surface area contributed by atoms with Crippen LogP contribution in [-0.2, 0) is 0 Å². The Labute approximate surface area is 154 Å². The number of aromatic nitrogens is 2. The number of carbonyl (C=O) groups excluding carboxylic acids is 1. The van der Waals surface area contributed by atoms with Crippen LogP contribution in [0, 0.1) is 5.82 Å². The van der Waals surface area contributed by atoms with Crippen molar-refractivity contribution in [1.29, 1.82) is 0 Å². The van der Waals surface area contributed by atoms with Crippen LogP contribution in [0.2, 0.25) is 5.02 Å². The van der Waals surface area contributed by atoms with Crippen molar-refractivity contribution < 1.29 is 9.18 Å². The van der Waals surface area contributed by atoms with E-state index in [2.05, 4.69) is 20.8 Å². The van der Waals surface area contributed by atoms with E-state index in [9.17, 15) is 9.18 Å². The van der Waals surface area contributed by atoms with Gasteiger partial charge in [-0.05, 0) is 43.2 Å². The van der Waals surface area contributed by atoms with Gasteiger partial charge in [-0.3, -0.25) is 5.10 Å². The van der Waals surface area contributed by atoms with Crippen LogP contribution >= 0.6 is 11.6 Å². The third-order valence-corrected chi connectivity index (χ3v) is 4.47. The van der Waals surface area contributed by atoms with Crippen molar-refractivity contribution in [3.8, 4) is 11.3 Å². The summed E-state index contributed by atoms with van der Waals surface area (Å²) in [6.45, 7) is 0. The molecule has 26 heavy (non-hydrogen) atoms. The number of rotatable bonds is 4. The molecule has 0 radical (unpaired) electrons. The minimum atomic E-state index is -0.450. The van der Waals surface area contributed by atoms with Gasteiger partial charge in [-0.15, -0.1) is 0 Å². The summed E-state index contributed by atoms with van der Waals surface area (Å²) < 4.78 is 13.3. The molecule has 3 N–H and O–H groups in total. The van der Waals surface area contributed by atoms with Gasteiger partial charge in [-0.2, -0.15) is 5.10 Å². The molecular weight excluding hydrogens is 355 g/mol. The van der Waals surface area contributed by atoms with Crippen LogP contribution in [0.5, 0.6) is 0 Å². The number of anilines is 2. The van der Waals surface area contributed by atoms with Gasteiger partial charge in [0.2, 0.25) is 0 Å². The second-order valence-electron chi connectivity index (χ2n) is 6.23. The first kappa shape index (κ1) is 16.6. The van der Waals surface area contributed by atoms with Crippen molar-refractivity contribution in [2.45, 2.75) is 18.8 Å². The van der Waals surface area contributed by atoms with Crippen LogP contribution in [0.1, 0.15) is 24.5 Å². The summed E-state index contributed by atoms with van der Waals surface area (Å²) in [7, 11) is 0. The molecule has 0 unspecified atom stereocenters. The van der Waals surface area contributed by atoms with Gasteiger partial charge in [0.05, 0.1) is 11.4 Å². The number of hydrogen-bond acceptors (Lipinski definition) is 2. The van der Waals surface area contributed by atoms with Crippen LogP contribution in [0.15, 0.2) is 48.5 Å². The summed E-state index contributed by atoms with van der Waals surface area (Å²) in [6.07, 6.45) is 2.12.